The monoisotopic (exact) mass is 325 g/mol. The molecule has 4 nitrogen and oxygen atoms in total. The van der Waals surface area contributed by atoms with Crippen LogP contribution in [-0.4, -0.2) is 38.5 Å². The van der Waals surface area contributed by atoms with Gasteiger partial charge in [0.2, 0.25) is 0 Å². The fourth-order valence-corrected chi connectivity index (χ4v) is 3.51. The van der Waals surface area contributed by atoms with Crippen LogP contribution in [-0.2, 0) is 16.0 Å². The smallest absolute Gasteiger partial charge is 0.396 e. The van der Waals surface area contributed by atoms with Crippen molar-refractivity contribution < 1.29 is 26.7 Å². The van der Waals surface area contributed by atoms with Crippen LogP contribution in [0.25, 0.3) is 0 Å². The first-order valence-electron chi connectivity index (χ1n) is 6.45. The molecule has 1 aromatic carbocycles. The lowest BCUT2D eigenvalue weighted by molar-refractivity contribution is -0.137. The molecular weight excluding hydrogens is 307 g/mol. The maximum absolute atomic E-state index is 12.6. The summed E-state index contributed by atoms with van der Waals surface area (Å²) in [4.78, 5) is -0.363. The summed E-state index contributed by atoms with van der Waals surface area (Å²) in [6, 6.07) is 3.18. The molecule has 0 aliphatic rings. The van der Waals surface area contributed by atoms with Crippen molar-refractivity contribution in [3.63, 3.8) is 0 Å². The lowest BCUT2D eigenvalue weighted by Crippen LogP contribution is -2.36. The van der Waals surface area contributed by atoms with E-state index in [4.69, 9.17) is 5.11 Å². The number of benzene rings is 1. The zero-order valence-electron chi connectivity index (χ0n) is 11.5. The van der Waals surface area contributed by atoms with Gasteiger partial charge in [-0.15, -0.1) is 0 Å². The summed E-state index contributed by atoms with van der Waals surface area (Å²) in [5, 5.41) is 11.8. The number of hydrogen-bond acceptors (Lipinski definition) is 4. The molecule has 21 heavy (non-hydrogen) atoms. The van der Waals surface area contributed by atoms with Gasteiger partial charge < -0.3 is 10.4 Å². The van der Waals surface area contributed by atoms with E-state index >= 15 is 0 Å². The highest BCUT2D eigenvalue weighted by molar-refractivity contribution is 7.91. The normalized spacial score (nSPS) is 14.1. The molecule has 0 radical (unpaired) electrons. The molecule has 1 atom stereocenters. The molecule has 0 saturated carbocycles. The van der Waals surface area contributed by atoms with Crippen LogP contribution in [0.1, 0.15) is 18.9 Å². The quantitative estimate of drug-likeness (QED) is 0.803. The largest absolute Gasteiger partial charge is 0.416 e. The molecule has 0 fully saturated rings. The van der Waals surface area contributed by atoms with Crippen LogP contribution in [0.15, 0.2) is 29.2 Å². The van der Waals surface area contributed by atoms with E-state index in [1.54, 1.807) is 6.92 Å². The first-order chi connectivity index (χ1) is 9.70. The molecule has 0 amide bonds. The van der Waals surface area contributed by atoms with Gasteiger partial charge in [-0.3, -0.25) is 0 Å². The van der Waals surface area contributed by atoms with E-state index in [-0.39, 0.29) is 23.7 Å². The predicted octanol–water partition coefficient (Wildman–Crippen LogP) is 1.84. The van der Waals surface area contributed by atoms with E-state index in [9.17, 15) is 21.6 Å². The summed E-state index contributed by atoms with van der Waals surface area (Å²) < 4.78 is 62.2. The van der Waals surface area contributed by atoms with Gasteiger partial charge in [-0.1, -0.05) is 13.0 Å². The Balaban J connectivity index is 3.02. The first kappa shape index (κ1) is 17.9. The summed E-state index contributed by atoms with van der Waals surface area (Å²) >= 11 is 0. The van der Waals surface area contributed by atoms with Crippen molar-refractivity contribution in [1.29, 1.82) is 0 Å². The van der Waals surface area contributed by atoms with Gasteiger partial charge in [-0.2, -0.15) is 13.2 Å². The average molecular weight is 325 g/mol. The number of aliphatic hydroxyl groups is 1. The van der Waals surface area contributed by atoms with E-state index in [0.29, 0.717) is 12.6 Å². The summed E-state index contributed by atoms with van der Waals surface area (Å²) in [6.07, 6.45) is -4.37. The van der Waals surface area contributed by atoms with E-state index in [1.165, 1.54) is 0 Å². The Labute approximate surface area is 121 Å². The standard InChI is InChI=1S/C13H18F3NO3S/c1-2-17-11(6-7-18)9-21(19,20)12-5-3-4-10(8-12)13(14,15)16/h3-5,8,11,17-18H,2,6-7,9H2,1H3. The second-order valence-electron chi connectivity index (χ2n) is 4.57. The molecule has 0 aliphatic carbocycles. The van der Waals surface area contributed by atoms with Crippen molar-refractivity contribution in [1.82, 2.24) is 5.32 Å². The van der Waals surface area contributed by atoms with E-state index in [1.807, 2.05) is 0 Å². The van der Waals surface area contributed by atoms with Gasteiger partial charge in [0.25, 0.3) is 0 Å². The van der Waals surface area contributed by atoms with Crippen LogP contribution in [0.2, 0.25) is 0 Å². The fourth-order valence-electron chi connectivity index (χ4n) is 1.92. The number of nitrogens with one attached hydrogen (secondary N) is 1. The molecular formula is C13H18F3NO3S. The number of hydrogen-bond donors (Lipinski definition) is 2. The van der Waals surface area contributed by atoms with Crippen LogP contribution < -0.4 is 5.32 Å². The number of halogens is 3. The number of alkyl halides is 3. The Morgan fingerprint density at radius 1 is 1.33 bits per heavy atom. The van der Waals surface area contributed by atoms with Crippen LogP contribution in [0, 0.1) is 0 Å². The molecule has 2 N–H and O–H groups in total. The van der Waals surface area contributed by atoms with Gasteiger partial charge in [0.15, 0.2) is 9.84 Å². The van der Waals surface area contributed by atoms with Gasteiger partial charge in [0.1, 0.15) is 0 Å². The zero-order chi connectivity index (χ0) is 16.1. The molecule has 1 rings (SSSR count). The molecule has 0 bridgehead atoms. The second kappa shape index (κ2) is 7.24. The highest BCUT2D eigenvalue weighted by Crippen LogP contribution is 2.30. The van der Waals surface area contributed by atoms with Crippen LogP contribution in [0.3, 0.4) is 0 Å². The third kappa shape index (κ3) is 5.29. The summed E-state index contributed by atoms with van der Waals surface area (Å²) in [5.74, 6) is -0.358. The Morgan fingerprint density at radius 3 is 2.52 bits per heavy atom. The highest BCUT2D eigenvalue weighted by atomic mass is 32.2. The molecule has 120 valence electrons. The molecule has 8 heteroatoms. The SMILES string of the molecule is CCNC(CCO)CS(=O)(=O)c1cccc(C(F)(F)F)c1. The fraction of sp³-hybridized carbons (Fsp3) is 0.538. The molecule has 0 aliphatic heterocycles. The zero-order valence-corrected chi connectivity index (χ0v) is 12.3. The van der Waals surface area contributed by atoms with Crippen LogP contribution in [0.4, 0.5) is 13.2 Å². The Kier molecular flexibility index (Phi) is 6.18. The van der Waals surface area contributed by atoms with Crippen LogP contribution >= 0.6 is 0 Å². The number of rotatable bonds is 7. The third-order valence-corrected chi connectivity index (χ3v) is 4.72. The van der Waals surface area contributed by atoms with E-state index in [2.05, 4.69) is 5.32 Å². The van der Waals surface area contributed by atoms with Gasteiger partial charge >= 0.3 is 6.18 Å². The molecule has 1 unspecified atom stereocenters. The van der Waals surface area contributed by atoms with Gasteiger partial charge in [-0.25, -0.2) is 8.42 Å². The van der Waals surface area contributed by atoms with Crippen molar-refractivity contribution in [2.75, 3.05) is 18.9 Å². The van der Waals surface area contributed by atoms with Gasteiger partial charge in [0, 0.05) is 12.6 Å². The first-order valence-corrected chi connectivity index (χ1v) is 8.10. The van der Waals surface area contributed by atoms with Crippen molar-refractivity contribution >= 4 is 9.84 Å². The topological polar surface area (TPSA) is 66.4 Å². The van der Waals surface area contributed by atoms with E-state index in [0.717, 1.165) is 18.2 Å². The highest BCUT2D eigenvalue weighted by Gasteiger charge is 2.32. The molecule has 0 aromatic heterocycles. The van der Waals surface area contributed by atoms with Crippen molar-refractivity contribution in [3.05, 3.63) is 29.8 Å². The number of sulfone groups is 1. The minimum atomic E-state index is -4.59. The summed E-state index contributed by atoms with van der Waals surface area (Å²) in [5.41, 5.74) is -0.995. The molecule has 0 heterocycles. The van der Waals surface area contributed by atoms with Crippen molar-refractivity contribution in [3.8, 4) is 0 Å². The average Bonchev–Trinajstić information content (AvgIpc) is 2.38. The van der Waals surface area contributed by atoms with Crippen molar-refractivity contribution in [2.45, 2.75) is 30.5 Å². The Bertz CT molecular complexity index is 552. The lowest BCUT2D eigenvalue weighted by Gasteiger charge is -2.17. The molecule has 0 saturated heterocycles. The Morgan fingerprint density at radius 2 is 2.00 bits per heavy atom. The third-order valence-electron chi connectivity index (χ3n) is 2.91. The maximum Gasteiger partial charge on any atom is 0.416 e. The van der Waals surface area contributed by atoms with Crippen LogP contribution in [0.5, 0.6) is 0 Å². The summed E-state index contributed by atoms with van der Waals surface area (Å²) in [7, 11) is -3.86. The molecule has 0 spiro atoms. The van der Waals surface area contributed by atoms with Crippen molar-refractivity contribution in [2.24, 2.45) is 0 Å². The lowest BCUT2D eigenvalue weighted by atomic mass is 10.2. The molecule has 1 aromatic rings. The van der Waals surface area contributed by atoms with Gasteiger partial charge in [0.05, 0.1) is 16.2 Å². The van der Waals surface area contributed by atoms with Gasteiger partial charge in [-0.05, 0) is 31.2 Å². The summed E-state index contributed by atoms with van der Waals surface area (Å²) in [6.45, 7) is 2.08. The predicted molar refractivity (Wildman–Crippen MR) is 72.7 cm³/mol. The van der Waals surface area contributed by atoms with E-state index < -0.39 is 27.6 Å². The second-order valence-corrected chi connectivity index (χ2v) is 6.61. The number of aliphatic hydroxyl groups excluding tert-OH is 1. The Hall–Kier alpha value is -1.12. The maximum atomic E-state index is 12.6. The minimum Gasteiger partial charge on any atom is -0.396 e. The minimum absolute atomic E-state index is 0.199.